The Bertz CT molecular complexity index is 319. The van der Waals surface area contributed by atoms with E-state index in [0.717, 1.165) is 10.7 Å². The van der Waals surface area contributed by atoms with Crippen molar-refractivity contribution in [2.45, 2.75) is 51.4 Å². The summed E-state index contributed by atoms with van der Waals surface area (Å²) in [5.74, 6) is 0. The Morgan fingerprint density at radius 2 is 2.19 bits per heavy atom. The van der Waals surface area contributed by atoms with E-state index in [1.807, 2.05) is 14.0 Å². The van der Waals surface area contributed by atoms with Gasteiger partial charge in [0.15, 0.2) is 0 Å². The largest absolute Gasteiger partial charge is 0.372 e. The predicted octanol–water partition coefficient (Wildman–Crippen LogP) is 2.50. The van der Waals surface area contributed by atoms with Crippen molar-refractivity contribution in [3.63, 3.8) is 0 Å². The highest BCUT2D eigenvalue weighted by atomic mass is 32.1. The van der Waals surface area contributed by atoms with E-state index in [4.69, 9.17) is 4.74 Å². The number of nitrogens with one attached hydrogen (secondary N) is 1. The topological polar surface area (TPSA) is 34.1 Å². The molecule has 16 heavy (non-hydrogen) atoms. The molecule has 0 aliphatic heterocycles. The van der Waals surface area contributed by atoms with Gasteiger partial charge in [-0.1, -0.05) is 0 Å². The van der Waals surface area contributed by atoms with Crippen LogP contribution < -0.4 is 5.32 Å². The molecule has 1 aromatic rings. The molecule has 0 spiro atoms. The van der Waals surface area contributed by atoms with E-state index in [9.17, 15) is 0 Å². The van der Waals surface area contributed by atoms with Gasteiger partial charge in [-0.15, -0.1) is 11.3 Å². The van der Waals surface area contributed by atoms with Crippen LogP contribution in [0.4, 0.5) is 0 Å². The summed E-state index contributed by atoms with van der Waals surface area (Å²) in [5, 5.41) is 6.55. The quantitative estimate of drug-likeness (QED) is 0.878. The van der Waals surface area contributed by atoms with Crippen molar-refractivity contribution in [3.8, 4) is 0 Å². The summed E-state index contributed by atoms with van der Waals surface area (Å²) in [4.78, 5) is 4.41. The molecule has 1 fully saturated rings. The average Bonchev–Trinajstić information content (AvgIpc) is 2.73. The first-order valence-electron chi connectivity index (χ1n) is 5.98. The third kappa shape index (κ3) is 3.27. The number of hydrogen-bond donors (Lipinski definition) is 1. The summed E-state index contributed by atoms with van der Waals surface area (Å²) >= 11 is 1.69. The van der Waals surface area contributed by atoms with Crippen LogP contribution in [-0.2, 0) is 11.3 Å². The molecule has 90 valence electrons. The van der Waals surface area contributed by atoms with Crippen molar-refractivity contribution in [2.75, 3.05) is 7.05 Å². The Balaban J connectivity index is 1.71. The molecule has 1 saturated carbocycles. The second-order valence-corrected chi connectivity index (χ2v) is 5.49. The molecule has 1 N–H and O–H groups in total. The summed E-state index contributed by atoms with van der Waals surface area (Å²) in [5.41, 5.74) is 1.08. The lowest BCUT2D eigenvalue weighted by Crippen LogP contribution is -2.32. The van der Waals surface area contributed by atoms with Crippen LogP contribution in [0.15, 0.2) is 5.38 Å². The summed E-state index contributed by atoms with van der Waals surface area (Å²) < 4.78 is 5.89. The van der Waals surface area contributed by atoms with E-state index in [2.05, 4.69) is 15.7 Å². The molecule has 0 saturated heterocycles. The minimum absolute atomic E-state index is 0.437. The van der Waals surface area contributed by atoms with Crippen molar-refractivity contribution in [2.24, 2.45) is 0 Å². The lowest BCUT2D eigenvalue weighted by atomic mass is 9.93. The van der Waals surface area contributed by atoms with Gasteiger partial charge >= 0.3 is 0 Å². The van der Waals surface area contributed by atoms with Crippen LogP contribution in [0, 0.1) is 6.92 Å². The van der Waals surface area contributed by atoms with Crippen molar-refractivity contribution >= 4 is 11.3 Å². The van der Waals surface area contributed by atoms with E-state index in [0.29, 0.717) is 18.8 Å². The van der Waals surface area contributed by atoms with Gasteiger partial charge in [-0.3, -0.25) is 0 Å². The number of nitrogens with zero attached hydrogens (tertiary/aromatic N) is 1. The molecular formula is C12H20N2OS. The van der Waals surface area contributed by atoms with Gasteiger partial charge in [-0.05, 0) is 39.7 Å². The van der Waals surface area contributed by atoms with Gasteiger partial charge in [0, 0.05) is 11.4 Å². The van der Waals surface area contributed by atoms with Gasteiger partial charge in [-0.2, -0.15) is 0 Å². The standard InChI is InChI=1S/C12H20N2OS/c1-9-14-11(8-16-9)7-15-12-5-3-10(13-2)4-6-12/h8,10,12-13H,3-7H2,1-2H3. The number of rotatable bonds is 4. The van der Waals surface area contributed by atoms with Gasteiger partial charge in [0.2, 0.25) is 0 Å². The second-order valence-electron chi connectivity index (χ2n) is 4.43. The Hall–Kier alpha value is -0.450. The van der Waals surface area contributed by atoms with Gasteiger partial charge in [0.1, 0.15) is 0 Å². The number of ether oxygens (including phenoxy) is 1. The maximum atomic E-state index is 5.89. The molecule has 1 aliphatic carbocycles. The lowest BCUT2D eigenvalue weighted by Gasteiger charge is -2.28. The zero-order valence-corrected chi connectivity index (χ0v) is 10.8. The minimum atomic E-state index is 0.437. The van der Waals surface area contributed by atoms with Crippen LogP contribution >= 0.6 is 11.3 Å². The highest BCUT2D eigenvalue weighted by Crippen LogP contribution is 2.22. The Kier molecular flexibility index (Phi) is 4.32. The fourth-order valence-electron chi connectivity index (χ4n) is 2.20. The van der Waals surface area contributed by atoms with Crippen LogP contribution in [0.3, 0.4) is 0 Å². The molecule has 1 aliphatic rings. The Morgan fingerprint density at radius 1 is 1.44 bits per heavy atom. The lowest BCUT2D eigenvalue weighted by molar-refractivity contribution is 0.0105. The molecule has 1 aromatic heterocycles. The van der Waals surface area contributed by atoms with Crippen molar-refractivity contribution < 1.29 is 4.74 Å². The normalized spacial score (nSPS) is 25.9. The number of aryl methyl sites for hydroxylation is 1. The Morgan fingerprint density at radius 3 is 2.75 bits per heavy atom. The van der Waals surface area contributed by atoms with E-state index < -0.39 is 0 Å². The molecule has 2 rings (SSSR count). The highest BCUT2D eigenvalue weighted by molar-refractivity contribution is 7.09. The maximum Gasteiger partial charge on any atom is 0.0900 e. The summed E-state index contributed by atoms with van der Waals surface area (Å²) in [6.45, 7) is 2.71. The fourth-order valence-corrected chi connectivity index (χ4v) is 2.79. The van der Waals surface area contributed by atoms with Gasteiger partial charge < -0.3 is 10.1 Å². The molecule has 0 amide bonds. The van der Waals surface area contributed by atoms with Gasteiger partial charge in [-0.25, -0.2) is 4.98 Å². The molecule has 0 aromatic carbocycles. The third-order valence-corrected chi connectivity index (χ3v) is 4.04. The van der Waals surface area contributed by atoms with Crippen LogP contribution in [0.2, 0.25) is 0 Å². The average molecular weight is 240 g/mol. The van der Waals surface area contributed by atoms with E-state index in [1.165, 1.54) is 25.7 Å². The number of hydrogen-bond acceptors (Lipinski definition) is 4. The van der Waals surface area contributed by atoms with Crippen LogP contribution in [0.25, 0.3) is 0 Å². The molecular weight excluding hydrogens is 220 g/mol. The monoisotopic (exact) mass is 240 g/mol. The number of thiazole rings is 1. The van der Waals surface area contributed by atoms with E-state index in [1.54, 1.807) is 11.3 Å². The van der Waals surface area contributed by atoms with Crippen LogP contribution in [0.1, 0.15) is 36.4 Å². The third-order valence-electron chi connectivity index (χ3n) is 3.22. The van der Waals surface area contributed by atoms with Crippen molar-refractivity contribution in [1.29, 1.82) is 0 Å². The predicted molar refractivity (Wildman–Crippen MR) is 66.7 cm³/mol. The van der Waals surface area contributed by atoms with Crippen molar-refractivity contribution in [1.82, 2.24) is 10.3 Å². The van der Waals surface area contributed by atoms with Crippen LogP contribution in [0.5, 0.6) is 0 Å². The summed E-state index contributed by atoms with van der Waals surface area (Å²) in [6.07, 6.45) is 5.25. The molecule has 0 atom stereocenters. The molecule has 0 radical (unpaired) electrons. The van der Waals surface area contributed by atoms with Gasteiger partial charge in [0.25, 0.3) is 0 Å². The molecule has 3 nitrogen and oxygen atoms in total. The first kappa shape index (κ1) is 12.0. The molecule has 1 heterocycles. The first-order valence-corrected chi connectivity index (χ1v) is 6.85. The molecule has 0 unspecified atom stereocenters. The molecule has 0 bridgehead atoms. The zero-order valence-electron chi connectivity index (χ0n) is 10.0. The minimum Gasteiger partial charge on any atom is -0.372 e. The number of aromatic nitrogens is 1. The van der Waals surface area contributed by atoms with Crippen LogP contribution in [-0.4, -0.2) is 24.2 Å². The SMILES string of the molecule is CNC1CCC(OCc2csc(C)n2)CC1. The van der Waals surface area contributed by atoms with E-state index in [-0.39, 0.29) is 0 Å². The Labute approximate surface area is 101 Å². The second kappa shape index (κ2) is 5.75. The van der Waals surface area contributed by atoms with Crippen molar-refractivity contribution in [3.05, 3.63) is 16.1 Å². The smallest absolute Gasteiger partial charge is 0.0900 e. The zero-order chi connectivity index (χ0) is 11.4. The maximum absolute atomic E-state index is 5.89. The fraction of sp³-hybridized carbons (Fsp3) is 0.750. The van der Waals surface area contributed by atoms with Gasteiger partial charge in [0.05, 0.1) is 23.4 Å². The van der Waals surface area contributed by atoms with E-state index >= 15 is 0 Å². The highest BCUT2D eigenvalue weighted by Gasteiger charge is 2.20. The first-order chi connectivity index (χ1) is 7.78. The molecule has 4 heteroatoms. The summed E-state index contributed by atoms with van der Waals surface area (Å²) in [7, 11) is 2.05. The summed E-state index contributed by atoms with van der Waals surface area (Å²) in [6, 6.07) is 0.696.